The standard InChI is InChI=1S/C22H28N2O4S/c1-2-28-22(27)21-18(14-19(29-21)16-8-4-3-5-9-16)23-20(26)15-24-12-7-6-10-17(24)11-13-25/h3-5,8-9,14,17,25H,2,6-7,10-13,15H2,1H3,(H,23,26). The van der Waals surface area contributed by atoms with Crippen LogP contribution in [0.3, 0.4) is 0 Å². The van der Waals surface area contributed by atoms with E-state index in [1.54, 1.807) is 6.92 Å². The molecule has 1 unspecified atom stereocenters. The Kier molecular flexibility index (Phi) is 7.80. The van der Waals surface area contributed by atoms with Crippen LogP contribution in [0.4, 0.5) is 5.69 Å². The molecule has 1 saturated heterocycles. The molecule has 1 amide bonds. The smallest absolute Gasteiger partial charge is 0.350 e. The zero-order valence-electron chi connectivity index (χ0n) is 16.7. The second-order valence-electron chi connectivity index (χ2n) is 7.12. The zero-order valence-corrected chi connectivity index (χ0v) is 17.5. The summed E-state index contributed by atoms with van der Waals surface area (Å²) in [5, 5.41) is 12.2. The molecule has 156 valence electrons. The minimum absolute atomic E-state index is 0.126. The van der Waals surface area contributed by atoms with E-state index in [1.165, 1.54) is 11.3 Å². The van der Waals surface area contributed by atoms with Gasteiger partial charge in [-0.25, -0.2) is 4.79 Å². The summed E-state index contributed by atoms with van der Waals surface area (Å²) >= 11 is 1.32. The number of amides is 1. The molecular formula is C22H28N2O4S. The molecule has 1 aromatic carbocycles. The fraction of sp³-hybridized carbons (Fsp3) is 0.455. The Morgan fingerprint density at radius 3 is 2.79 bits per heavy atom. The average molecular weight is 417 g/mol. The molecule has 0 radical (unpaired) electrons. The van der Waals surface area contributed by atoms with Gasteiger partial charge in [0.15, 0.2) is 0 Å². The van der Waals surface area contributed by atoms with Gasteiger partial charge in [-0.05, 0) is 44.4 Å². The van der Waals surface area contributed by atoms with Crippen LogP contribution in [0.15, 0.2) is 36.4 Å². The van der Waals surface area contributed by atoms with Crippen LogP contribution in [0.1, 0.15) is 42.3 Å². The van der Waals surface area contributed by atoms with E-state index in [0.29, 0.717) is 17.0 Å². The number of benzene rings is 1. The first kappa shape index (κ1) is 21.5. The molecule has 29 heavy (non-hydrogen) atoms. The van der Waals surface area contributed by atoms with E-state index in [0.717, 1.165) is 36.2 Å². The Hall–Kier alpha value is -2.22. The van der Waals surface area contributed by atoms with E-state index >= 15 is 0 Å². The van der Waals surface area contributed by atoms with Crippen LogP contribution in [0.25, 0.3) is 10.4 Å². The number of aliphatic hydroxyl groups excluding tert-OH is 1. The summed E-state index contributed by atoms with van der Waals surface area (Å²) in [5.41, 5.74) is 1.48. The van der Waals surface area contributed by atoms with Crippen LogP contribution in [0.5, 0.6) is 0 Å². The molecular weight excluding hydrogens is 388 g/mol. The van der Waals surface area contributed by atoms with Crippen molar-refractivity contribution in [1.82, 2.24) is 4.90 Å². The number of carbonyl (C=O) groups is 2. The van der Waals surface area contributed by atoms with Gasteiger partial charge in [0.05, 0.1) is 18.8 Å². The van der Waals surface area contributed by atoms with E-state index in [2.05, 4.69) is 10.2 Å². The number of anilines is 1. The van der Waals surface area contributed by atoms with Gasteiger partial charge in [0.2, 0.25) is 5.91 Å². The molecule has 1 aromatic heterocycles. The number of esters is 1. The highest BCUT2D eigenvalue weighted by Gasteiger charge is 2.25. The molecule has 0 aliphatic carbocycles. The van der Waals surface area contributed by atoms with Crippen molar-refractivity contribution in [3.63, 3.8) is 0 Å². The van der Waals surface area contributed by atoms with E-state index in [9.17, 15) is 14.7 Å². The first-order valence-corrected chi connectivity index (χ1v) is 10.9. The lowest BCUT2D eigenvalue weighted by atomic mass is 10.00. The summed E-state index contributed by atoms with van der Waals surface area (Å²) in [6.45, 7) is 3.27. The molecule has 2 heterocycles. The van der Waals surface area contributed by atoms with Crippen molar-refractivity contribution in [1.29, 1.82) is 0 Å². The third kappa shape index (κ3) is 5.65. The van der Waals surface area contributed by atoms with Gasteiger partial charge >= 0.3 is 5.97 Å². The molecule has 0 saturated carbocycles. The molecule has 1 atom stereocenters. The minimum atomic E-state index is -0.425. The number of carbonyl (C=O) groups excluding carboxylic acids is 2. The Morgan fingerprint density at radius 2 is 2.07 bits per heavy atom. The normalized spacial score (nSPS) is 17.1. The van der Waals surface area contributed by atoms with E-state index in [-0.39, 0.29) is 31.7 Å². The summed E-state index contributed by atoms with van der Waals surface area (Å²) in [6, 6.07) is 11.8. The number of likely N-dealkylation sites (tertiary alicyclic amines) is 1. The van der Waals surface area contributed by atoms with E-state index in [1.807, 2.05) is 36.4 Å². The monoisotopic (exact) mass is 416 g/mol. The highest BCUT2D eigenvalue weighted by Crippen LogP contribution is 2.35. The van der Waals surface area contributed by atoms with Crippen LogP contribution in [-0.2, 0) is 9.53 Å². The lowest BCUT2D eigenvalue weighted by molar-refractivity contribution is -0.118. The van der Waals surface area contributed by atoms with Crippen molar-refractivity contribution in [3.8, 4) is 10.4 Å². The van der Waals surface area contributed by atoms with Crippen molar-refractivity contribution >= 4 is 28.9 Å². The second-order valence-corrected chi connectivity index (χ2v) is 8.17. The van der Waals surface area contributed by atoms with Crippen LogP contribution in [-0.4, -0.2) is 54.2 Å². The largest absolute Gasteiger partial charge is 0.462 e. The summed E-state index contributed by atoms with van der Waals surface area (Å²) in [7, 11) is 0. The number of hydrogen-bond acceptors (Lipinski definition) is 6. The van der Waals surface area contributed by atoms with Crippen molar-refractivity contribution < 1.29 is 19.4 Å². The maximum Gasteiger partial charge on any atom is 0.350 e. The fourth-order valence-corrected chi connectivity index (χ4v) is 4.71. The van der Waals surface area contributed by atoms with Crippen molar-refractivity contribution in [2.75, 3.05) is 31.6 Å². The van der Waals surface area contributed by atoms with Gasteiger partial charge < -0.3 is 15.2 Å². The van der Waals surface area contributed by atoms with Gasteiger partial charge in [-0.1, -0.05) is 36.8 Å². The van der Waals surface area contributed by atoms with Gasteiger partial charge in [-0.2, -0.15) is 0 Å². The molecule has 1 aliphatic rings. The van der Waals surface area contributed by atoms with Gasteiger partial charge in [-0.15, -0.1) is 11.3 Å². The van der Waals surface area contributed by atoms with Crippen molar-refractivity contribution in [2.45, 2.75) is 38.6 Å². The van der Waals surface area contributed by atoms with Crippen LogP contribution < -0.4 is 5.32 Å². The molecule has 1 aliphatic heterocycles. The van der Waals surface area contributed by atoms with Crippen molar-refractivity contribution in [2.24, 2.45) is 0 Å². The van der Waals surface area contributed by atoms with Crippen LogP contribution >= 0.6 is 11.3 Å². The third-order valence-electron chi connectivity index (χ3n) is 5.08. The van der Waals surface area contributed by atoms with Crippen molar-refractivity contribution in [3.05, 3.63) is 41.3 Å². The summed E-state index contributed by atoms with van der Waals surface area (Å²) < 4.78 is 5.18. The number of piperidine rings is 1. The topological polar surface area (TPSA) is 78.9 Å². The molecule has 0 spiro atoms. The summed E-state index contributed by atoms with van der Waals surface area (Å²) in [6.07, 6.45) is 3.86. The molecule has 0 bridgehead atoms. The summed E-state index contributed by atoms with van der Waals surface area (Å²) in [4.78, 5) is 28.6. The maximum atomic E-state index is 12.7. The van der Waals surface area contributed by atoms with Gasteiger partial charge in [0, 0.05) is 17.5 Å². The highest BCUT2D eigenvalue weighted by atomic mass is 32.1. The minimum Gasteiger partial charge on any atom is -0.462 e. The third-order valence-corrected chi connectivity index (χ3v) is 6.25. The van der Waals surface area contributed by atoms with E-state index < -0.39 is 5.97 Å². The quantitative estimate of drug-likeness (QED) is 0.641. The first-order chi connectivity index (χ1) is 14.1. The second kappa shape index (κ2) is 10.5. The predicted molar refractivity (Wildman–Crippen MR) is 115 cm³/mol. The van der Waals surface area contributed by atoms with Gasteiger partial charge in [-0.3, -0.25) is 9.69 Å². The molecule has 1 fully saturated rings. The fourth-order valence-electron chi connectivity index (χ4n) is 3.70. The molecule has 2 aromatic rings. The number of rotatable bonds is 8. The Bertz CT molecular complexity index is 819. The Labute approximate surface area is 175 Å². The molecule has 6 nitrogen and oxygen atoms in total. The van der Waals surface area contributed by atoms with Crippen LogP contribution in [0, 0.1) is 0 Å². The number of thiophene rings is 1. The first-order valence-electron chi connectivity index (χ1n) is 10.1. The predicted octanol–water partition coefficient (Wildman–Crippen LogP) is 3.77. The number of ether oxygens (including phenoxy) is 1. The van der Waals surface area contributed by atoms with Gasteiger partial charge in [0.1, 0.15) is 4.88 Å². The van der Waals surface area contributed by atoms with Crippen LogP contribution in [0.2, 0.25) is 0 Å². The number of nitrogens with zero attached hydrogens (tertiary/aromatic N) is 1. The lowest BCUT2D eigenvalue weighted by Gasteiger charge is -2.34. The van der Waals surface area contributed by atoms with Gasteiger partial charge in [0.25, 0.3) is 0 Å². The molecule has 2 N–H and O–H groups in total. The lowest BCUT2D eigenvalue weighted by Crippen LogP contribution is -2.44. The highest BCUT2D eigenvalue weighted by molar-refractivity contribution is 7.18. The molecule has 7 heteroatoms. The SMILES string of the molecule is CCOC(=O)c1sc(-c2ccccc2)cc1NC(=O)CN1CCCCC1CCO. The average Bonchev–Trinajstić information content (AvgIpc) is 3.14. The van der Waals surface area contributed by atoms with E-state index in [4.69, 9.17) is 4.74 Å². The zero-order chi connectivity index (χ0) is 20.6. The maximum absolute atomic E-state index is 12.7. The Morgan fingerprint density at radius 1 is 1.28 bits per heavy atom. The molecule has 3 rings (SSSR count). The Balaban J connectivity index is 1.76. The number of nitrogens with one attached hydrogen (secondary N) is 1. The summed E-state index contributed by atoms with van der Waals surface area (Å²) in [5.74, 6) is -0.580. The number of aliphatic hydroxyl groups is 1. The number of hydrogen-bond donors (Lipinski definition) is 2.